The van der Waals surface area contributed by atoms with Crippen LogP contribution in [0.2, 0.25) is 0 Å². The SMILES string of the molecule is CCNc1cnccc1C(=O)Nc1nncs1. The van der Waals surface area contributed by atoms with Gasteiger partial charge in [-0.2, -0.15) is 0 Å². The van der Waals surface area contributed by atoms with Gasteiger partial charge in [0, 0.05) is 12.7 Å². The topological polar surface area (TPSA) is 79.8 Å². The molecule has 88 valence electrons. The Labute approximate surface area is 102 Å². The summed E-state index contributed by atoms with van der Waals surface area (Å²) >= 11 is 1.27. The van der Waals surface area contributed by atoms with Gasteiger partial charge in [-0.1, -0.05) is 11.3 Å². The third kappa shape index (κ3) is 2.76. The molecule has 0 unspecified atom stereocenters. The predicted octanol–water partition coefficient (Wildman–Crippen LogP) is 1.62. The molecule has 6 nitrogen and oxygen atoms in total. The number of anilines is 2. The lowest BCUT2D eigenvalue weighted by molar-refractivity contribution is 0.102. The van der Waals surface area contributed by atoms with Gasteiger partial charge in [-0.15, -0.1) is 10.2 Å². The van der Waals surface area contributed by atoms with Crippen molar-refractivity contribution in [3.63, 3.8) is 0 Å². The fraction of sp³-hybridized carbons (Fsp3) is 0.200. The summed E-state index contributed by atoms with van der Waals surface area (Å²) < 4.78 is 0. The quantitative estimate of drug-likeness (QED) is 0.860. The number of amides is 1. The van der Waals surface area contributed by atoms with E-state index in [0.29, 0.717) is 16.4 Å². The van der Waals surface area contributed by atoms with Crippen LogP contribution in [-0.4, -0.2) is 27.6 Å². The first-order valence-corrected chi connectivity index (χ1v) is 5.94. The second-order valence-corrected chi connectivity index (χ2v) is 3.98. The van der Waals surface area contributed by atoms with E-state index < -0.39 is 0 Å². The highest BCUT2D eigenvalue weighted by Gasteiger charge is 2.12. The molecule has 17 heavy (non-hydrogen) atoms. The van der Waals surface area contributed by atoms with Gasteiger partial charge in [0.15, 0.2) is 0 Å². The minimum absolute atomic E-state index is 0.222. The molecule has 1 amide bonds. The largest absolute Gasteiger partial charge is 0.383 e. The lowest BCUT2D eigenvalue weighted by Crippen LogP contribution is -2.14. The van der Waals surface area contributed by atoms with Crippen molar-refractivity contribution < 1.29 is 4.79 Å². The van der Waals surface area contributed by atoms with E-state index in [2.05, 4.69) is 25.8 Å². The standard InChI is InChI=1S/C10H11N5OS/c1-2-12-8-5-11-4-3-7(8)9(16)14-10-15-13-6-17-10/h3-6,12H,2H2,1H3,(H,14,15,16). The van der Waals surface area contributed by atoms with Gasteiger partial charge in [-0.25, -0.2) is 0 Å². The molecule has 2 aromatic heterocycles. The minimum Gasteiger partial charge on any atom is -0.383 e. The molecule has 2 N–H and O–H groups in total. The number of hydrogen-bond acceptors (Lipinski definition) is 6. The number of pyridine rings is 1. The Balaban J connectivity index is 2.18. The number of nitrogens with one attached hydrogen (secondary N) is 2. The average Bonchev–Trinajstić information content (AvgIpc) is 2.83. The molecule has 0 spiro atoms. The van der Waals surface area contributed by atoms with Gasteiger partial charge in [0.05, 0.1) is 17.4 Å². The van der Waals surface area contributed by atoms with Crippen molar-refractivity contribution in [2.24, 2.45) is 0 Å². The van der Waals surface area contributed by atoms with Gasteiger partial charge in [0.2, 0.25) is 5.13 Å². The normalized spacial score (nSPS) is 9.94. The van der Waals surface area contributed by atoms with E-state index in [4.69, 9.17) is 0 Å². The van der Waals surface area contributed by atoms with Crippen LogP contribution in [0.1, 0.15) is 17.3 Å². The summed E-state index contributed by atoms with van der Waals surface area (Å²) in [6.07, 6.45) is 3.20. The summed E-state index contributed by atoms with van der Waals surface area (Å²) in [7, 11) is 0. The van der Waals surface area contributed by atoms with Crippen molar-refractivity contribution >= 4 is 28.1 Å². The van der Waals surface area contributed by atoms with Crippen LogP contribution >= 0.6 is 11.3 Å². The summed E-state index contributed by atoms with van der Waals surface area (Å²) in [6.45, 7) is 2.68. The molecular formula is C10H11N5OS. The van der Waals surface area contributed by atoms with Gasteiger partial charge in [0.1, 0.15) is 5.51 Å². The molecule has 0 aliphatic heterocycles. The number of nitrogens with zero attached hydrogens (tertiary/aromatic N) is 3. The Kier molecular flexibility index (Phi) is 3.61. The number of carbonyl (C=O) groups excluding carboxylic acids is 1. The van der Waals surface area contributed by atoms with Crippen LogP contribution in [0.15, 0.2) is 24.0 Å². The molecule has 0 saturated heterocycles. The van der Waals surface area contributed by atoms with Crippen LogP contribution in [0.4, 0.5) is 10.8 Å². The molecule has 0 aromatic carbocycles. The maximum absolute atomic E-state index is 12.0. The van der Waals surface area contributed by atoms with Crippen molar-refractivity contribution in [3.05, 3.63) is 29.5 Å². The van der Waals surface area contributed by atoms with Gasteiger partial charge >= 0.3 is 0 Å². The van der Waals surface area contributed by atoms with Crippen LogP contribution in [0.5, 0.6) is 0 Å². The maximum Gasteiger partial charge on any atom is 0.259 e. The van der Waals surface area contributed by atoms with Gasteiger partial charge in [-0.3, -0.25) is 15.1 Å². The fourth-order valence-corrected chi connectivity index (χ4v) is 1.76. The summed E-state index contributed by atoms with van der Waals surface area (Å²) in [4.78, 5) is 15.9. The van der Waals surface area contributed by atoms with E-state index in [0.717, 1.165) is 6.54 Å². The van der Waals surface area contributed by atoms with E-state index in [1.807, 2.05) is 6.92 Å². The Hall–Kier alpha value is -2.02. The molecule has 2 heterocycles. The maximum atomic E-state index is 12.0. The van der Waals surface area contributed by atoms with E-state index in [1.54, 1.807) is 24.0 Å². The number of rotatable bonds is 4. The Morgan fingerprint density at radius 3 is 3.12 bits per heavy atom. The van der Waals surface area contributed by atoms with Crippen molar-refractivity contribution in [2.75, 3.05) is 17.2 Å². The number of aromatic nitrogens is 3. The zero-order chi connectivity index (χ0) is 12.1. The van der Waals surface area contributed by atoms with Gasteiger partial charge < -0.3 is 5.32 Å². The average molecular weight is 249 g/mol. The summed E-state index contributed by atoms with van der Waals surface area (Å²) in [5.74, 6) is -0.222. The second-order valence-electron chi connectivity index (χ2n) is 3.15. The van der Waals surface area contributed by atoms with Crippen LogP contribution in [0.25, 0.3) is 0 Å². The molecule has 0 radical (unpaired) electrons. The van der Waals surface area contributed by atoms with Crippen LogP contribution in [0, 0.1) is 0 Å². The highest BCUT2D eigenvalue weighted by atomic mass is 32.1. The molecule has 7 heteroatoms. The molecule has 0 saturated carbocycles. The Morgan fingerprint density at radius 1 is 1.53 bits per heavy atom. The molecule has 2 aromatic rings. The molecule has 0 aliphatic rings. The number of hydrogen-bond donors (Lipinski definition) is 2. The first kappa shape index (κ1) is 11.5. The first-order valence-electron chi connectivity index (χ1n) is 5.06. The zero-order valence-electron chi connectivity index (χ0n) is 9.17. The lowest BCUT2D eigenvalue weighted by Gasteiger charge is -2.08. The molecular weight excluding hydrogens is 238 g/mol. The highest BCUT2D eigenvalue weighted by molar-refractivity contribution is 7.13. The van der Waals surface area contributed by atoms with Crippen molar-refractivity contribution in [1.82, 2.24) is 15.2 Å². The highest BCUT2D eigenvalue weighted by Crippen LogP contribution is 2.16. The summed E-state index contributed by atoms with van der Waals surface area (Å²) in [5, 5.41) is 13.6. The predicted molar refractivity (Wildman–Crippen MR) is 66.3 cm³/mol. The van der Waals surface area contributed by atoms with Crippen molar-refractivity contribution in [3.8, 4) is 0 Å². The summed E-state index contributed by atoms with van der Waals surface area (Å²) in [6, 6.07) is 1.66. The van der Waals surface area contributed by atoms with Crippen molar-refractivity contribution in [1.29, 1.82) is 0 Å². The van der Waals surface area contributed by atoms with E-state index in [1.165, 1.54) is 11.3 Å². The minimum atomic E-state index is -0.222. The third-order valence-electron chi connectivity index (χ3n) is 2.01. The second kappa shape index (κ2) is 5.35. The molecule has 0 aliphatic carbocycles. The smallest absolute Gasteiger partial charge is 0.259 e. The Bertz CT molecular complexity index is 499. The lowest BCUT2D eigenvalue weighted by atomic mass is 10.2. The monoisotopic (exact) mass is 249 g/mol. The first-order chi connectivity index (χ1) is 8.31. The molecule has 0 bridgehead atoms. The number of carbonyl (C=O) groups is 1. The van der Waals surface area contributed by atoms with E-state index >= 15 is 0 Å². The van der Waals surface area contributed by atoms with Crippen LogP contribution < -0.4 is 10.6 Å². The zero-order valence-corrected chi connectivity index (χ0v) is 9.99. The van der Waals surface area contributed by atoms with E-state index in [-0.39, 0.29) is 5.91 Å². The molecule has 0 atom stereocenters. The van der Waals surface area contributed by atoms with E-state index in [9.17, 15) is 4.79 Å². The third-order valence-corrected chi connectivity index (χ3v) is 2.62. The van der Waals surface area contributed by atoms with Crippen molar-refractivity contribution in [2.45, 2.75) is 6.92 Å². The Morgan fingerprint density at radius 2 is 2.41 bits per heavy atom. The van der Waals surface area contributed by atoms with Crippen LogP contribution in [0.3, 0.4) is 0 Å². The molecule has 0 fully saturated rings. The van der Waals surface area contributed by atoms with Gasteiger partial charge in [-0.05, 0) is 13.0 Å². The van der Waals surface area contributed by atoms with Crippen LogP contribution in [-0.2, 0) is 0 Å². The fourth-order valence-electron chi connectivity index (χ4n) is 1.32. The van der Waals surface area contributed by atoms with Gasteiger partial charge in [0.25, 0.3) is 5.91 Å². The molecule has 2 rings (SSSR count). The summed E-state index contributed by atoms with van der Waals surface area (Å²) in [5.41, 5.74) is 2.81.